The molecule has 1 fully saturated rings. The number of rotatable bonds is 8. The fourth-order valence-electron chi connectivity index (χ4n) is 5.95. The minimum Gasteiger partial charge on any atom is -0.497 e. The van der Waals surface area contributed by atoms with E-state index in [1.807, 2.05) is 0 Å². The zero-order chi connectivity index (χ0) is 35.2. The Balaban J connectivity index is 1.84. The molecule has 2 aliphatic rings. The van der Waals surface area contributed by atoms with Gasteiger partial charge in [0.1, 0.15) is 22.6 Å². The summed E-state index contributed by atoms with van der Waals surface area (Å²) < 4.78 is 115. The van der Waals surface area contributed by atoms with Gasteiger partial charge in [0, 0.05) is 52.0 Å². The van der Waals surface area contributed by atoms with Crippen LogP contribution in [0.15, 0.2) is 65.6 Å². The van der Waals surface area contributed by atoms with E-state index in [-0.39, 0.29) is 37.6 Å². The van der Waals surface area contributed by atoms with Crippen LogP contribution in [-0.4, -0.2) is 83.4 Å². The largest absolute Gasteiger partial charge is 0.573 e. The van der Waals surface area contributed by atoms with Crippen LogP contribution in [0.5, 0.6) is 17.2 Å². The number of anilines is 1. The van der Waals surface area contributed by atoms with Crippen LogP contribution in [0, 0.1) is 0 Å². The highest BCUT2D eigenvalue weighted by molar-refractivity contribution is 7.93. The molecule has 2 heterocycles. The van der Waals surface area contributed by atoms with E-state index < -0.39 is 83.6 Å². The number of hydrogen-bond donors (Lipinski definition) is 0. The monoisotopic (exact) mass is 687 g/mol. The van der Waals surface area contributed by atoms with Crippen LogP contribution >= 0.6 is 11.6 Å². The molecule has 3 atom stereocenters. The molecular weight excluding hydrogens is 658 g/mol. The molecule has 246 valence electrons. The Morgan fingerprint density at radius 1 is 1.04 bits per heavy atom. The number of methoxy groups -OCH3 is 2. The average Bonchev–Trinajstić information content (AvgIpc) is 3.55. The number of alkyl halides is 4. The van der Waals surface area contributed by atoms with Crippen molar-refractivity contribution in [3.63, 3.8) is 0 Å². The maximum atomic E-state index is 15.5. The van der Waals surface area contributed by atoms with Crippen molar-refractivity contribution in [1.29, 1.82) is 0 Å². The van der Waals surface area contributed by atoms with Crippen molar-refractivity contribution in [2.24, 2.45) is 0 Å². The summed E-state index contributed by atoms with van der Waals surface area (Å²) in [6.45, 7) is -0.602. The maximum Gasteiger partial charge on any atom is 0.573 e. The number of ether oxygens (including phenoxy) is 3. The Bertz CT molecular complexity index is 1850. The fraction of sp³-hybridized carbons (Fsp3) is 0.333. The van der Waals surface area contributed by atoms with Crippen molar-refractivity contribution < 1.29 is 52.5 Å². The van der Waals surface area contributed by atoms with E-state index in [2.05, 4.69) is 4.74 Å². The molecule has 46 heavy (non-hydrogen) atoms. The van der Waals surface area contributed by atoms with Crippen LogP contribution < -0.4 is 18.5 Å². The number of para-hydroxylation sites is 1. The summed E-state index contributed by atoms with van der Waals surface area (Å²) in [5.74, 6) is -3.54. The Morgan fingerprint density at radius 2 is 1.76 bits per heavy atom. The van der Waals surface area contributed by atoms with Gasteiger partial charge in [-0.15, -0.1) is 13.2 Å². The minimum absolute atomic E-state index is 0.00317. The number of benzene rings is 3. The third-order valence-electron chi connectivity index (χ3n) is 7.73. The van der Waals surface area contributed by atoms with Crippen molar-refractivity contribution in [1.82, 2.24) is 9.80 Å². The van der Waals surface area contributed by atoms with Crippen LogP contribution in [0.25, 0.3) is 0 Å². The average molecular weight is 688 g/mol. The molecule has 3 aromatic carbocycles. The van der Waals surface area contributed by atoms with Gasteiger partial charge in [0.15, 0.2) is 11.3 Å². The number of amides is 2. The molecular formula is C30H28ClF4N3O7S. The predicted molar refractivity (Wildman–Crippen MR) is 158 cm³/mol. The lowest BCUT2D eigenvalue weighted by Gasteiger charge is -2.42. The SMILES string of the molecule is [2H]CN(C[2H])C(=O)[C@@H]1C[C@H](F)CN1C1(c2ccccc2OC)C(=O)N(S(=O)(=O)c2ccc(OC)cc2OC(F)(F)F)c2ccc(Cl)cc21. The number of likely N-dealkylation sites (tertiary alicyclic amines) is 1. The van der Waals surface area contributed by atoms with E-state index in [0.717, 1.165) is 35.1 Å². The van der Waals surface area contributed by atoms with Crippen LogP contribution in [-0.2, 0) is 25.2 Å². The van der Waals surface area contributed by atoms with Gasteiger partial charge in [-0.25, -0.2) is 17.1 Å². The Labute approximate surface area is 269 Å². The minimum atomic E-state index is -5.35. The highest BCUT2D eigenvalue weighted by atomic mass is 35.5. The van der Waals surface area contributed by atoms with Crippen molar-refractivity contribution in [3.05, 3.63) is 76.8 Å². The summed E-state index contributed by atoms with van der Waals surface area (Å²) in [6, 6.07) is 10.6. The zero-order valence-corrected chi connectivity index (χ0v) is 25.8. The third kappa shape index (κ3) is 5.39. The van der Waals surface area contributed by atoms with E-state index in [4.69, 9.17) is 23.8 Å². The van der Waals surface area contributed by atoms with E-state index in [1.54, 1.807) is 6.07 Å². The van der Waals surface area contributed by atoms with Crippen LogP contribution in [0.2, 0.25) is 5.02 Å². The maximum absolute atomic E-state index is 15.5. The van der Waals surface area contributed by atoms with Gasteiger partial charge in [0.25, 0.3) is 15.9 Å². The first-order chi connectivity index (χ1) is 22.6. The molecule has 0 saturated carbocycles. The number of likely N-dealkylation sites (N-methyl/N-ethyl adjacent to an activating group) is 1. The van der Waals surface area contributed by atoms with Gasteiger partial charge in [-0.05, 0) is 36.4 Å². The molecule has 0 radical (unpaired) electrons. The van der Waals surface area contributed by atoms with Gasteiger partial charge < -0.3 is 19.1 Å². The standard InChI is InChI=1S/C30H28ClF4N3O7S/c1-36(2)27(39)23-14-18(32)16-37(23)29(20-7-5-6-8-24(20)44-4)21-13-17(31)9-11-22(21)38(28(29)40)46(41,42)26-12-10-19(43-3)15-25(26)45-30(33,34)35/h5-13,15,18,23H,14,16H2,1-4H3/t18-,23-,29?/m0/s1/i1D,2D. The Morgan fingerprint density at radius 3 is 2.41 bits per heavy atom. The third-order valence-corrected chi connectivity index (χ3v) is 9.70. The quantitative estimate of drug-likeness (QED) is 0.313. The molecule has 0 bridgehead atoms. The highest BCUT2D eigenvalue weighted by Crippen LogP contribution is 2.55. The Kier molecular flexibility index (Phi) is 7.93. The van der Waals surface area contributed by atoms with Crippen molar-refractivity contribution >= 4 is 39.1 Å². The van der Waals surface area contributed by atoms with Gasteiger partial charge in [-0.3, -0.25) is 14.5 Å². The first-order valence-corrected chi connectivity index (χ1v) is 15.2. The molecule has 1 unspecified atom stereocenters. The molecule has 2 aliphatic heterocycles. The van der Waals surface area contributed by atoms with Gasteiger partial charge in [-0.2, -0.15) is 0 Å². The molecule has 1 saturated heterocycles. The fourth-order valence-corrected chi connectivity index (χ4v) is 7.69. The number of halogens is 5. The summed E-state index contributed by atoms with van der Waals surface area (Å²) >= 11 is 6.41. The molecule has 10 nitrogen and oxygen atoms in total. The first kappa shape index (κ1) is 30.6. The molecule has 3 aromatic rings. The van der Waals surface area contributed by atoms with E-state index in [1.165, 1.54) is 37.4 Å². The normalized spacial score (nSPS) is 22.2. The van der Waals surface area contributed by atoms with Crippen LogP contribution in [0.1, 0.15) is 20.3 Å². The summed E-state index contributed by atoms with van der Waals surface area (Å²) in [4.78, 5) is 29.8. The lowest BCUT2D eigenvalue weighted by Crippen LogP contribution is -2.59. The van der Waals surface area contributed by atoms with E-state index >= 15 is 9.18 Å². The molecule has 0 spiro atoms. The number of sulfonamides is 1. The lowest BCUT2D eigenvalue weighted by molar-refractivity contribution is -0.275. The summed E-state index contributed by atoms with van der Waals surface area (Å²) in [6.07, 6.45) is -7.57. The Hall–Kier alpha value is -4.08. The molecule has 0 N–H and O–H groups in total. The second kappa shape index (κ2) is 11.9. The van der Waals surface area contributed by atoms with Crippen molar-refractivity contribution in [3.8, 4) is 17.2 Å². The molecule has 0 aromatic heterocycles. The first-order valence-electron chi connectivity index (χ1n) is 14.8. The van der Waals surface area contributed by atoms with Gasteiger partial charge in [0.05, 0.1) is 25.9 Å². The lowest BCUT2D eigenvalue weighted by atomic mass is 9.80. The predicted octanol–water partition coefficient (Wildman–Crippen LogP) is 4.74. The van der Waals surface area contributed by atoms with Crippen molar-refractivity contribution in [2.75, 3.05) is 39.1 Å². The second-order valence-electron chi connectivity index (χ2n) is 10.4. The number of hydrogen-bond acceptors (Lipinski definition) is 8. The number of nitrogens with zero attached hydrogens (tertiary/aromatic N) is 3. The summed E-state index contributed by atoms with van der Waals surface area (Å²) in [5, 5.41) is 0.00317. The van der Waals surface area contributed by atoms with Gasteiger partial charge in [-0.1, -0.05) is 29.8 Å². The molecule has 16 heteroatoms. The summed E-state index contributed by atoms with van der Waals surface area (Å²) in [5.41, 5.74) is -2.91. The summed E-state index contributed by atoms with van der Waals surface area (Å²) in [7, 11) is -4.23. The number of fused-ring (bicyclic) bond motifs is 1. The zero-order valence-electron chi connectivity index (χ0n) is 26.3. The highest BCUT2D eigenvalue weighted by Gasteiger charge is 2.64. The second-order valence-corrected chi connectivity index (χ2v) is 12.6. The topological polar surface area (TPSA) is 106 Å². The molecule has 5 rings (SSSR count). The number of carbonyl (C=O) groups is 2. The van der Waals surface area contributed by atoms with Gasteiger partial charge >= 0.3 is 6.36 Å². The van der Waals surface area contributed by atoms with Gasteiger partial charge in [0.2, 0.25) is 5.91 Å². The smallest absolute Gasteiger partial charge is 0.497 e. The molecule has 0 aliphatic carbocycles. The molecule has 2 amide bonds. The van der Waals surface area contributed by atoms with Crippen LogP contribution in [0.4, 0.5) is 23.2 Å². The van der Waals surface area contributed by atoms with Crippen molar-refractivity contribution in [2.45, 2.75) is 35.4 Å². The number of carbonyl (C=O) groups excluding carboxylic acids is 2. The van der Waals surface area contributed by atoms with Crippen LogP contribution in [0.3, 0.4) is 0 Å². The van der Waals surface area contributed by atoms with E-state index in [9.17, 15) is 26.4 Å². The van der Waals surface area contributed by atoms with E-state index in [0.29, 0.717) is 6.07 Å².